The molecule has 5 nitrogen and oxygen atoms in total. The predicted molar refractivity (Wildman–Crippen MR) is 67.8 cm³/mol. The van der Waals surface area contributed by atoms with E-state index >= 15 is 0 Å². The van der Waals surface area contributed by atoms with Gasteiger partial charge in [0.05, 0.1) is 10.7 Å². The van der Waals surface area contributed by atoms with Crippen LogP contribution in [0.4, 0.5) is 5.69 Å². The lowest BCUT2D eigenvalue weighted by atomic mass is 10.3. The van der Waals surface area contributed by atoms with Gasteiger partial charge < -0.3 is 5.73 Å². The molecular formula is C9H13N3O2S2. The van der Waals surface area contributed by atoms with E-state index in [1.54, 1.807) is 19.1 Å². The summed E-state index contributed by atoms with van der Waals surface area (Å²) in [4.78, 5) is 3.91. The van der Waals surface area contributed by atoms with Crippen LogP contribution in [0.5, 0.6) is 0 Å². The zero-order valence-electron chi connectivity index (χ0n) is 8.97. The summed E-state index contributed by atoms with van der Waals surface area (Å²) in [6.45, 7) is 3.22. The Labute approximate surface area is 100 Å². The zero-order valence-corrected chi connectivity index (χ0v) is 10.6. The molecule has 0 aliphatic rings. The molecule has 0 bridgehead atoms. The number of nitrogens with two attached hydrogens (primary N) is 1. The first-order valence-electron chi connectivity index (χ1n) is 4.56. The topological polar surface area (TPSA) is 85.1 Å². The van der Waals surface area contributed by atoms with Gasteiger partial charge in [0.1, 0.15) is 5.25 Å². The fourth-order valence-electron chi connectivity index (χ4n) is 1.01. The number of pyridine rings is 1. The molecular weight excluding hydrogens is 246 g/mol. The van der Waals surface area contributed by atoms with Crippen molar-refractivity contribution in [2.45, 2.75) is 19.1 Å². The zero-order chi connectivity index (χ0) is 12.3. The molecule has 1 atom stereocenters. The van der Waals surface area contributed by atoms with E-state index in [0.29, 0.717) is 5.69 Å². The lowest BCUT2D eigenvalue weighted by Gasteiger charge is -2.13. The summed E-state index contributed by atoms with van der Waals surface area (Å²) in [5.41, 5.74) is 6.48. The molecule has 7 heteroatoms. The summed E-state index contributed by atoms with van der Waals surface area (Å²) in [5, 5.41) is -0.907. The van der Waals surface area contributed by atoms with E-state index < -0.39 is 15.3 Å². The summed E-state index contributed by atoms with van der Waals surface area (Å²) >= 11 is 4.65. The minimum Gasteiger partial charge on any atom is -0.392 e. The SMILES string of the molecule is Cc1cc(NS(=O)(=O)C(C)C(N)=S)ccn1. The van der Waals surface area contributed by atoms with Crippen molar-refractivity contribution in [3.63, 3.8) is 0 Å². The highest BCUT2D eigenvalue weighted by Gasteiger charge is 2.23. The second kappa shape index (κ2) is 4.75. The molecule has 0 aliphatic heterocycles. The largest absolute Gasteiger partial charge is 0.392 e. The summed E-state index contributed by atoms with van der Waals surface area (Å²) < 4.78 is 25.9. The van der Waals surface area contributed by atoms with E-state index in [4.69, 9.17) is 5.73 Å². The Hall–Kier alpha value is -1.21. The van der Waals surface area contributed by atoms with Crippen LogP contribution < -0.4 is 10.5 Å². The summed E-state index contributed by atoms with van der Waals surface area (Å²) in [7, 11) is -3.57. The maximum absolute atomic E-state index is 11.8. The predicted octanol–water partition coefficient (Wildman–Crippen LogP) is 0.806. The number of hydrogen-bond acceptors (Lipinski definition) is 4. The Balaban J connectivity index is 2.93. The monoisotopic (exact) mass is 259 g/mol. The Morgan fingerprint density at radius 1 is 1.62 bits per heavy atom. The number of aromatic nitrogens is 1. The highest BCUT2D eigenvalue weighted by molar-refractivity contribution is 7.95. The summed E-state index contributed by atoms with van der Waals surface area (Å²) in [6.07, 6.45) is 1.53. The molecule has 3 N–H and O–H groups in total. The van der Waals surface area contributed by atoms with Crippen molar-refractivity contribution in [1.82, 2.24) is 4.98 Å². The second-order valence-electron chi connectivity index (χ2n) is 3.38. The van der Waals surface area contributed by atoms with Crippen LogP contribution in [-0.2, 0) is 10.0 Å². The number of aryl methyl sites for hydroxylation is 1. The van der Waals surface area contributed by atoms with E-state index in [1.807, 2.05) is 0 Å². The van der Waals surface area contributed by atoms with Crippen molar-refractivity contribution in [2.75, 3.05) is 4.72 Å². The van der Waals surface area contributed by atoms with Gasteiger partial charge in [-0.15, -0.1) is 0 Å². The minimum absolute atomic E-state index is 0.0571. The highest BCUT2D eigenvalue weighted by atomic mass is 32.2. The molecule has 0 saturated carbocycles. The van der Waals surface area contributed by atoms with Crippen LogP contribution in [0.3, 0.4) is 0 Å². The van der Waals surface area contributed by atoms with Crippen molar-refractivity contribution in [2.24, 2.45) is 5.73 Å². The molecule has 0 saturated heterocycles. The number of nitrogens with zero attached hydrogens (tertiary/aromatic N) is 1. The van der Waals surface area contributed by atoms with Gasteiger partial charge in [0.25, 0.3) is 0 Å². The Morgan fingerprint density at radius 2 is 2.25 bits per heavy atom. The maximum atomic E-state index is 11.8. The van der Waals surface area contributed by atoms with Crippen molar-refractivity contribution >= 4 is 32.9 Å². The van der Waals surface area contributed by atoms with Crippen molar-refractivity contribution in [3.05, 3.63) is 24.0 Å². The molecule has 1 aromatic rings. The van der Waals surface area contributed by atoms with Gasteiger partial charge in [-0.05, 0) is 26.0 Å². The van der Waals surface area contributed by atoms with E-state index in [2.05, 4.69) is 21.9 Å². The molecule has 0 amide bonds. The molecule has 0 aromatic carbocycles. The number of sulfonamides is 1. The average molecular weight is 259 g/mol. The van der Waals surface area contributed by atoms with Crippen LogP contribution in [0.15, 0.2) is 18.3 Å². The Bertz CT molecular complexity index is 499. The molecule has 0 fully saturated rings. The fraction of sp³-hybridized carbons (Fsp3) is 0.333. The van der Waals surface area contributed by atoms with E-state index in [1.165, 1.54) is 13.1 Å². The third kappa shape index (κ3) is 3.14. The average Bonchev–Trinajstić information content (AvgIpc) is 2.15. The third-order valence-corrected chi connectivity index (χ3v) is 4.23. The maximum Gasteiger partial charge on any atom is 0.241 e. The standard InChI is InChI=1S/C9H13N3O2S2/c1-6-5-8(3-4-11-6)12-16(13,14)7(2)9(10)15/h3-5,7H,1-2H3,(H2,10,15)(H,11,12). The van der Waals surface area contributed by atoms with Crippen LogP contribution in [0.2, 0.25) is 0 Å². The molecule has 88 valence electrons. The van der Waals surface area contributed by atoms with Crippen molar-refractivity contribution < 1.29 is 8.42 Å². The Kier molecular flexibility index (Phi) is 3.82. The number of rotatable bonds is 4. The van der Waals surface area contributed by atoms with Gasteiger partial charge in [0, 0.05) is 11.9 Å². The van der Waals surface area contributed by atoms with Crippen LogP contribution in [0.25, 0.3) is 0 Å². The summed E-state index contributed by atoms with van der Waals surface area (Å²) in [6, 6.07) is 3.20. The van der Waals surface area contributed by atoms with Gasteiger partial charge in [-0.1, -0.05) is 12.2 Å². The molecule has 0 radical (unpaired) electrons. The first kappa shape index (κ1) is 12.9. The number of anilines is 1. The first-order valence-corrected chi connectivity index (χ1v) is 6.52. The molecule has 1 heterocycles. The van der Waals surface area contributed by atoms with Crippen molar-refractivity contribution in [3.8, 4) is 0 Å². The van der Waals surface area contributed by atoms with Crippen molar-refractivity contribution in [1.29, 1.82) is 0 Å². The first-order chi connectivity index (χ1) is 7.33. The Morgan fingerprint density at radius 3 is 2.75 bits per heavy atom. The molecule has 0 spiro atoms. The van der Waals surface area contributed by atoms with E-state index in [9.17, 15) is 8.42 Å². The van der Waals surface area contributed by atoms with E-state index in [0.717, 1.165) is 5.69 Å². The van der Waals surface area contributed by atoms with Crippen LogP contribution in [-0.4, -0.2) is 23.6 Å². The van der Waals surface area contributed by atoms with Crippen LogP contribution in [0.1, 0.15) is 12.6 Å². The highest BCUT2D eigenvalue weighted by Crippen LogP contribution is 2.12. The van der Waals surface area contributed by atoms with Gasteiger partial charge in [-0.2, -0.15) is 0 Å². The van der Waals surface area contributed by atoms with Crippen LogP contribution >= 0.6 is 12.2 Å². The fourth-order valence-corrected chi connectivity index (χ4v) is 2.33. The number of nitrogens with one attached hydrogen (secondary N) is 1. The van der Waals surface area contributed by atoms with E-state index in [-0.39, 0.29) is 4.99 Å². The molecule has 1 rings (SSSR count). The smallest absolute Gasteiger partial charge is 0.241 e. The number of hydrogen-bond donors (Lipinski definition) is 2. The molecule has 0 aliphatic carbocycles. The second-order valence-corrected chi connectivity index (χ2v) is 5.85. The van der Waals surface area contributed by atoms with Gasteiger partial charge in [0.15, 0.2) is 0 Å². The lowest BCUT2D eigenvalue weighted by Crippen LogP contribution is -2.35. The van der Waals surface area contributed by atoms with Gasteiger partial charge >= 0.3 is 0 Å². The van der Waals surface area contributed by atoms with Gasteiger partial charge in [-0.3, -0.25) is 9.71 Å². The third-order valence-electron chi connectivity index (χ3n) is 2.02. The molecule has 16 heavy (non-hydrogen) atoms. The number of thiocarbonyl (C=S) groups is 1. The van der Waals surface area contributed by atoms with Crippen LogP contribution in [0, 0.1) is 6.92 Å². The molecule has 1 aromatic heterocycles. The van der Waals surface area contributed by atoms with Gasteiger partial charge in [-0.25, -0.2) is 8.42 Å². The quantitative estimate of drug-likeness (QED) is 0.781. The minimum atomic E-state index is -3.57. The molecule has 1 unspecified atom stereocenters. The summed E-state index contributed by atoms with van der Waals surface area (Å²) in [5.74, 6) is 0. The van der Waals surface area contributed by atoms with Gasteiger partial charge in [0.2, 0.25) is 10.0 Å². The normalized spacial score (nSPS) is 13.1. The lowest BCUT2D eigenvalue weighted by molar-refractivity contribution is 0.598.